The second kappa shape index (κ2) is 11.0. The van der Waals surface area contributed by atoms with Crippen LogP contribution in [0.3, 0.4) is 0 Å². The summed E-state index contributed by atoms with van der Waals surface area (Å²) in [6.07, 6.45) is 0. The lowest BCUT2D eigenvalue weighted by Gasteiger charge is -2.17. The molecule has 0 saturated carbocycles. The number of carbonyl (C=O) groups is 2. The number of rotatable bonds is 9. The second-order valence-corrected chi connectivity index (χ2v) is 9.80. The summed E-state index contributed by atoms with van der Waals surface area (Å²) in [5.41, 5.74) is 0.806. The Morgan fingerprint density at radius 3 is 2.35 bits per heavy atom. The third-order valence-electron chi connectivity index (χ3n) is 4.76. The Morgan fingerprint density at radius 1 is 1.00 bits per heavy atom. The minimum Gasteiger partial charge on any atom is -0.492 e. The smallest absolute Gasteiger partial charge is 0.242 e. The number of nitrogens with one attached hydrogen (secondary N) is 2. The first-order chi connectivity index (χ1) is 16.1. The van der Waals surface area contributed by atoms with E-state index in [4.69, 9.17) is 27.9 Å². The standard InChI is InChI=1S/C24H22Cl2N2O5S/c1-3-33-22-12-10-18(14-20(22)26)34(31,32)28-15(2)24(30)27-21-11-9-17(25)13-19(21)23(29)16-7-5-4-6-8-16/h4-15,28H,3H2,1-2H3,(H,27,30)/t15-/m0/s1. The quantitative estimate of drug-likeness (QED) is 0.389. The number of hydrogen-bond donors (Lipinski definition) is 2. The van der Waals surface area contributed by atoms with E-state index in [0.29, 0.717) is 22.9 Å². The molecule has 0 spiro atoms. The summed E-state index contributed by atoms with van der Waals surface area (Å²) in [6.45, 7) is 3.54. The molecule has 0 aliphatic rings. The molecule has 10 heteroatoms. The number of sulfonamides is 1. The SMILES string of the molecule is CCOc1ccc(S(=O)(=O)N[C@@H](C)C(=O)Nc2ccc(Cl)cc2C(=O)c2ccccc2)cc1Cl. The van der Waals surface area contributed by atoms with Crippen LogP contribution < -0.4 is 14.8 Å². The predicted molar refractivity (Wildman–Crippen MR) is 132 cm³/mol. The normalized spacial score (nSPS) is 12.1. The maximum absolute atomic E-state index is 12.9. The van der Waals surface area contributed by atoms with E-state index in [0.717, 1.165) is 0 Å². The summed E-state index contributed by atoms with van der Waals surface area (Å²) in [4.78, 5) is 25.6. The van der Waals surface area contributed by atoms with Gasteiger partial charge in [-0.1, -0.05) is 53.5 Å². The number of ether oxygens (including phenoxy) is 1. The molecule has 0 bridgehead atoms. The van der Waals surface area contributed by atoms with Gasteiger partial charge in [0.25, 0.3) is 0 Å². The summed E-state index contributed by atoms with van der Waals surface area (Å²) < 4.78 is 33.2. The van der Waals surface area contributed by atoms with Crippen molar-refractivity contribution in [1.29, 1.82) is 0 Å². The van der Waals surface area contributed by atoms with E-state index < -0.39 is 22.0 Å². The van der Waals surface area contributed by atoms with Crippen molar-refractivity contribution in [3.8, 4) is 5.75 Å². The van der Waals surface area contributed by atoms with Gasteiger partial charge in [-0.3, -0.25) is 9.59 Å². The molecule has 34 heavy (non-hydrogen) atoms. The highest BCUT2D eigenvalue weighted by molar-refractivity contribution is 7.89. The van der Waals surface area contributed by atoms with Gasteiger partial charge in [0.2, 0.25) is 15.9 Å². The number of ketones is 1. The maximum atomic E-state index is 12.9. The molecule has 0 aromatic heterocycles. The monoisotopic (exact) mass is 520 g/mol. The number of halogens is 2. The molecule has 178 valence electrons. The maximum Gasteiger partial charge on any atom is 0.242 e. The van der Waals surface area contributed by atoms with Crippen LogP contribution in [0.25, 0.3) is 0 Å². The van der Waals surface area contributed by atoms with E-state index in [2.05, 4.69) is 10.0 Å². The van der Waals surface area contributed by atoms with E-state index in [1.165, 1.54) is 43.3 Å². The van der Waals surface area contributed by atoms with Crippen LogP contribution >= 0.6 is 23.2 Å². The van der Waals surface area contributed by atoms with Gasteiger partial charge in [0.1, 0.15) is 5.75 Å². The Bertz CT molecular complexity index is 1310. The summed E-state index contributed by atoms with van der Waals surface area (Å²) in [7, 11) is -4.07. The van der Waals surface area contributed by atoms with Crippen molar-refractivity contribution in [2.24, 2.45) is 0 Å². The first-order valence-electron chi connectivity index (χ1n) is 10.3. The average molecular weight is 521 g/mol. The molecular formula is C24H22Cl2N2O5S. The topological polar surface area (TPSA) is 102 Å². The van der Waals surface area contributed by atoms with Crippen molar-refractivity contribution in [3.05, 3.63) is 87.9 Å². The Kier molecular flexibility index (Phi) is 8.33. The summed E-state index contributed by atoms with van der Waals surface area (Å²) in [5, 5.41) is 3.06. The number of hydrogen-bond acceptors (Lipinski definition) is 5. The minimum absolute atomic E-state index is 0.118. The van der Waals surface area contributed by atoms with Gasteiger partial charge in [-0.15, -0.1) is 0 Å². The van der Waals surface area contributed by atoms with Crippen molar-refractivity contribution >= 4 is 50.6 Å². The molecule has 0 aliphatic carbocycles. The fourth-order valence-electron chi connectivity index (χ4n) is 3.07. The molecule has 1 atom stereocenters. The molecule has 3 aromatic carbocycles. The van der Waals surface area contributed by atoms with E-state index >= 15 is 0 Å². The van der Waals surface area contributed by atoms with Gasteiger partial charge in [0.05, 0.1) is 28.3 Å². The van der Waals surface area contributed by atoms with Crippen LogP contribution in [0.4, 0.5) is 5.69 Å². The van der Waals surface area contributed by atoms with Crippen LogP contribution in [0.15, 0.2) is 71.6 Å². The lowest BCUT2D eigenvalue weighted by Crippen LogP contribution is -2.41. The van der Waals surface area contributed by atoms with Gasteiger partial charge in [-0.2, -0.15) is 4.72 Å². The molecule has 1 amide bonds. The van der Waals surface area contributed by atoms with Gasteiger partial charge in [0, 0.05) is 16.1 Å². The van der Waals surface area contributed by atoms with Gasteiger partial charge in [-0.25, -0.2) is 8.42 Å². The van der Waals surface area contributed by atoms with E-state index in [1.807, 2.05) is 0 Å². The van der Waals surface area contributed by atoms with Crippen molar-refractivity contribution in [2.75, 3.05) is 11.9 Å². The molecule has 0 fully saturated rings. The molecule has 0 unspecified atom stereocenters. The lowest BCUT2D eigenvalue weighted by atomic mass is 10.0. The van der Waals surface area contributed by atoms with Crippen LogP contribution in [0, 0.1) is 0 Å². The van der Waals surface area contributed by atoms with Gasteiger partial charge < -0.3 is 10.1 Å². The van der Waals surface area contributed by atoms with Crippen LogP contribution in [0.5, 0.6) is 5.75 Å². The number of anilines is 1. The zero-order valence-electron chi connectivity index (χ0n) is 18.3. The van der Waals surface area contributed by atoms with Crippen LogP contribution in [0.2, 0.25) is 10.0 Å². The van der Waals surface area contributed by atoms with Gasteiger partial charge in [0.15, 0.2) is 5.78 Å². The van der Waals surface area contributed by atoms with Crippen LogP contribution in [-0.4, -0.2) is 32.8 Å². The number of benzene rings is 3. The number of amides is 1. The third kappa shape index (κ3) is 6.15. The molecule has 2 N–H and O–H groups in total. The van der Waals surface area contributed by atoms with Gasteiger partial charge in [-0.05, 0) is 50.2 Å². The zero-order valence-corrected chi connectivity index (χ0v) is 20.7. The number of carbonyl (C=O) groups excluding carboxylic acids is 2. The Balaban J connectivity index is 1.78. The van der Waals surface area contributed by atoms with E-state index in [-0.39, 0.29) is 27.0 Å². The summed E-state index contributed by atoms with van der Waals surface area (Å²) in [5.74, 6) is -0.645. The third-order valence-corrected chi connectivity index (χ3v) is 6.83. The van der Waals surface area contributed by atoms with E-state index in [1.54, 1.807) is 37.3 Å². The largest absolute Gasteiger partial charge is 0.492 e. The fraction of sp³-hybridized carbons (Fsp3) is 0.167. The highest BCUT2D eigenvalue weighted by Crippen LogP contribution is 2.28. The molecule has 0 saturated heterocycles. The molecule has 0 radical (unpaired) electrons. The van der Waals surface area contributed by atoms with Crippen molar-refractivity contribution < 1.29 is 22.7 Å². The minimum atomic E-state index is -4.07. The molecule has 0 aliphatic heterocycles. The highest BCUT2D eigenvalue weighted by atomic mass is 35.5. The average Bonchev–Trinajstić information content (AvgIpc) is 2.81. The van der Waals surface area contributed by atoms with Crippen LogP contribution in [-0.2, 0) is 14.8 Å². The fourth-order valence-corrected chi connectivity index (χ4v) is 4.78. The first kappa shape index (κ1) is 25.7. The molecule has 0 heterocycles. The molecular weight excluding hydrogens is 499 g/mol. The van der Waals surface area contributed by atoms with Gasteiger partial charge >= 0.3 is 0 Å². The first-order valence-corrected chi connectivity index (χ1v) is 12.5. The Labute approximate surface area is 208 Å². The summed E-state index contributed by atoms with van der Waals surface area (Å²) in [6, 6.07) is 15.8. The van der Waals surface area contributed by atoms with E-state index in [9.17, 15) is 18.0 Å². The Hall–Kier alpha value is -2.91. The Morgan fingerprint density at radius 2 is 1.71 bits per heavy atom. The van der Waals surface area contributed by atoms with Crippen LogP contribution in [0.1, 0.15) is 29.8 Å². The molecule has 3 rings (SSSR count). The second-order valence-electron chi connectivity index (χ2n) is 7.24. The zero-order chi connectivity index (χ0) is 24.9. The van der Waals surface area contributed by atoms with Crippen molar-refractivity contribution in [3.63, 3.8) is 0 Å². The molecule has 7 nitrogen and oxygen atoms in total. The highest BCUT2D eigenvalue weighted by Gasteiger charge is 2.24. The molecule has 3 aromatic rings. The van der Waals surface area contributed by atoms with Crippen molar-refractivity contribution in [1.82, 2.24) is 4.72 Å². The lowest BCUT2D eigenvalue weighted by molar-refractivity contribution is -0.117. The predicted octanol–water partition coefficient (Wildman–Crippen LogP) is 4.93. The van der Waals surface area contributed by atoms with Crippen molar-refractivity contribution in [2.45, 2.75) is 24.8 Å². The summed E-state index contributed by atoms with van der Waals surface area (Å²) >= 11 is 12.2.